The van der Waals surface area contributed by atoms with Gasteiger partial charge < -0.3 is 10.2 Å². The van der Waals surface area contributed by atoms with E-state index in [0.29, 0.717) is 30.3 Å². The van der Waals surface area contributed by atoms with Crippen LogP contribution >= 0.6 is 0 Å². The molecule has 1 heterocycles. The Labute approximate surface area is 182 Å². The summed E-state index contributed by atoms with van der Waals surface area (Å²) in [6, 6.07) is 11.3. The highest BCUT2D eigenvalue weighted by Crippen LogP contribution is 2.28. The standard InChI is InChI=1S/C24H28FN3O3/c1-4-17-5-9-19(10-6-17)26-22(29)15-21-23(30)28(20-11-7-18(25)8-12-20)24(31)27(21)14-13-16(2)3/h5-12,16,21H,4,13-15H2,1-3H3,(H,26,29)/t21-/m0/s1. The van der Waals surface area contributed by atoms with Crippen LogP contribution in [-0.2, 0) is 16.0 Å². The van der Waals surface area contributed by atoms with Crippen LogP contribution in [0.4, 0.5) is 20.6 Å². The molecule has 164 valence electrons. The maximum Gasteiger partial charge on any atom is 0.332 e. The molecule has 4 amide bonds. The van der Waals surface area contributed by atoms with E-state index in [2.05, 4.69) is 12.2 Å². The van der Waals surface area contributed by atoms with E-state index in [1.54, 1.807) is 0 Å². The number of urea groups is 1. The molecule has 0 unspecified atom stereocenters. The summed E-state index contributed by atoms with van der Waals surface area (Å²) in [4.78, 5) is 41.3. The third-order valence-corrected chi connectivity index (χ3v) is 5.38. The second-order valence-corrected chi connectivity index (χ2v) is 8.13. The molecule has 1 aliphatic heterocycles. The van der Waals surface area contributed by atoms with Gasteiger partial charge in [-0.05, 0) is 60.7 Å². The van der Waals surface area contributed by atoms with Crippen molar-refractivity contribution in [3.05, 3.63) is 59.9 Å². The van der Waals surface area contributed by atoms with Crippen molar-refractivity contribution in [3.8, 4) is 0 Å². The fourth-order valence-corrected chi connectivity index (χ4v) is 3.52. The van der Waals surface area contributed by atoms with Gasteiger partial charge in [0.25, 0.3) is 5.91 Å². The smallest absolute Gasteiger partial charge is 0.326 e. The Kier molecular flexibility index (Phi) is 7.05. The van der Waals surface area contributed by atoms with Crippen LogP contribution in [0.5, 0.6) is 0 Å². The molecule has 2 aromatic carbocycles. The zero-order valence-corrected chi connectivity index (χ0v) is 18.1. The third-order valence-electron chi connectivity index (χ3n) is 5.38. The lowest BCUT2D eigenvalue weighted by Gasteiger charge is -2.22. The van der Waals surface area contributed by atoms with Gasteiger partial charge in [-0.25, -0.2) is 14.1 Å². The molecule has 1 N–H and O–H groups in total. The normalized spacial score (nSPS) is 16.4. The van der Waals surface area contributed by atoms with Gasteiger partial charge in [0.2, 0.25) is 5.91 Å². The zero-order chi connectivity index (χ0) is 22.5. The van der Waals surface area contributed by atoms with Crippen LogP contribution in [0.3, 0.4) is 0 Å². The number of imide groups is 1. The van der Waals surface area contributed by atoms with Crippen LogP contribution in [0.1, 0.15) is 39.2 Å². The van der Waals surface area contributed by atoms with Crippen molar-refractivity contribution in [1.82, 2.24) is 4.90 Å². The lowest BCUT2D eigenvalue weighted by Crippen LogP contribution is -2.39. The SMILES string of the molecule is CCc1ccc(NC(=O)C[C@H]2C(=O)N(c3ccc(F)cc3)C(=O)N2CCC(C)C)cc1. The molecular formula is C24H28FN3O3. The number of anilines is 2. The minimum atomic E-state index is -0.897. The van der Waals surface area contributed by atoms with Crippen molar-refractivity contribution in [1.29, 1.82) is 0 Å². The molecule has 6 nitrogen and oxygen atoms in total. The number of amides is 4. The minimum absolute atomic E-state index is 0.143. The van der Waals surface area contributed by atoms with Crippen LogP contribution < -0.4 is 10.2 Å². The molecule has 7 heteroatoms. The summed E-state index contributed by atoms with van der Waals surface area (Å²) in [5, 5.41) is 2.81. The zero-order valence-electron chi connectivity index (χ0n) is 18.1. The third kappa shape index (κ3) is 5.29. The molecule has 0 radical (unpaired) electrons. The number of halogens is 1. The molecule has 0 bridgehead atoms. The lowest BCUT2D eigenvalue weighted by atomic mass is 10.1. The van der Waals surface area contributed by atoms with Crippen molar-refractivity contribution < 1.29 is 18.8 Å². The fourth-order valence-electron chi connectivity index (χ4n) is 3.52. The van der Waals surface area contributed by atoms with Gasteiger partial charge >= 0.3 is 6.03 Å². The van der Waals surface area contributed by atoms with Crippen molar-refractivity contribution >= 4 is 29.2 Å². The molecule has 0 saturated carbocycles. The Hall–Kier alpha value is -3.22. The Balaban J connectivity index is 1.78. The van der Waals surface area contributed by atoms with E-state index in [9.17, 15) is 18.8 Å². The molecular weight excluding hydrogens is 397 g/mol. The Morgan fingerprint density at radius 3 is 2.29 bits per heavy atom. The van der Waals surface area contributed by atoms with Gasteiger partial charge in [0, 0.05) is 12.2 Å². The molecule has 31 heavy (non-hydrogen) atoms. The fraction of sp³-hybridized carbons (Fsp3) is 0.375. The Bertz CT molecular complexity index is 942. The number of hydrogen-bond donors (Lipinski definition) is 1. The number of nitrogens with one attached hydrogen (secondary N) is 1. The molecule has 0 aromatic heterocycles. The number of nitrogens with zero attached hydrogens (tertiary/aromatic N) is 2. The summed E-state index contributed by atoms with van der Waals surface area (Å²) < 4.78 is 13.3. The van der Waals surface area contributed by atoms with Gasteiger partial charge in [-0.1, -0.05) is 32.9 Å². The molecule has 1 saturated heterocycles. The topological polar surface area (TPSA) is 69.7 Å². The average molecular weight is 426 g/mol. The highest BCUT2D eigenvalue weighted by atomic mass is 19.1. The van der Waals surface area contributed by atoms with Crippen LogP contribution in [0.2, 0.25) is 0 Å². The Morgan fingerprint density at radius 2 is 1.71 bits per heavy atom. The molecule has 0 aliphatic carbocycles. The van der Waals surface area contributed by atoms with Gasteiger partial charge in [0.1, 0.15) is 11.9 Å². The van der Waals surface area contributed by atoms with Gasteiger partial charge in [-0.15, -0.1) is 0 Å². The monoisotopic (exact) mass is 425 g/mol. The second kappa shape index (κ2) is 9.73. The number of benzene rings is 2. The average Bonchev–Trinajstić information content (AvgIpc) is 2.97. The lowest BCUT2D eigenvalue weighted by molar-refractivity contribution is -0.124. The number of carbonyl (C=O) groups excluding carboxylic acids is 3. The van der Waals surface area contributed by atoms with Gasteiger partial charge in [0.15, 0.2) is 0 Å². The largest absolute Gasteiger partial charge is 0.332 e. The van der Waals surface area contributed by atoms with Crippen LogP contribution in [0.25, 0.3) is 0 Å². The van der Waals surface area contributed by atoms with Gasteiger partial charge in [0.05, 0.1) is 12.1 Å². The number of rotatable bonds is 8. The van der Waals surface area contributed by atoms with E-state index in [0.717, 1.165) is 16.9 Å². The summed E-state index contributed by atoms with van der Waals surface area (Å²) in [5.41, 5.74) is 2.09. The van der Waals surface area contributed by atoms with Crippen molar-refractivity contribution in [3.63, 3.8) is 0 Å². The summed E-state index contributed by atoms with van der Waals surface area (Å²) in [5.74, 6) is -0.943. The first kappa shape index (κ1) is 22.5. The van der Waals surface area contributed by atoms with E-state index < -0.39 is 23.8 Å². The quantitative estimate of drug-likeness (QED) is 0.629. The van der Waals surface area contributed by atoms with E-state index in [1.807, 2.05) is 38.1 Å². The summed E-state index contributed by atoms with van der Waals surface area (Å²) in [7, 11) is 0. The van der Waals surface area contributed by atoms with Crippen LogP contribution in [0.15, 0.2) is 48.5 Å². The summed E-state index contributed by atoms with van der Waals surface area (Å²) in [6.07, 6.45) is 1.46. The highest BCUT2D eigenvalue weighted by Gasteiger charge is 2.46. The number of hydrogen-bond acceptors (Lipinski definition) is 3. The first-order valence-electron chi connectivity index (χ1n) is 10.6. The van der Waals surface area contributed by atoms with Crippen molar-refractivity contribution in [2.24, 2.45) is 5.92 Å². The molecule has 1 atom stereocenters. The maximum absolute atomic E-state index is 13.3. The first-order chi connectivity index (χ1) is 14.8. The highest BCUT2D eigenvalue weighted by molar-refractivity contribution is 6.22. The van der Waals surface area contributed by atoms with Crippen molar-refractivity contribution in [2.75, 3.05) is 16.8 Å². The van der Waals surface area contributed by atoms with E-state index in [4.69, 9.17) is 0 Å². The van der Waals surface area contributed by atoms with E-state index >= 15 is 0 Å². The van der Waals surface area contributed by atoms with E-state index in [1.165, 1.54) is 29.2 Å². The molecule has 1 fully saturated rings. The van der Waals surface area contributed by atoms with Gasteiger partial charge in [-0.3, -0.25) is 9.59 Å². The molecule has 0 spiro atoms. The minimum Gasteiger partial charge on any atom is -0.326 e. The van der Waals surface area contributed by atoms with Crippen LogP contribution in [-0.4, -0.2) is 35.3 Å². The second-order valence-electron chi connectivity index (χ2n) is 8.13. The number of carbonyl (C=O) groups is 3. The first-order valence-corrected chi connectivity index (χ1v) is 10.6. The molecule has 2 aromatic rings. The summed E-state index contributed by atoms with van der Waals surface area (Å²) >= 11 is 0. The maximum atomic E-state index is 13.3. The molecule has 1 aliphatic rings. The molecule has 3 rings (SSSR count). The van der Waals surface area contributed by atoms with Gasteiger partial charge in [-0.2, -0.15) is 0 Å². The predicted molar refractivity (Wildman–Crippen MR) is 118 cm³/mol. The van der Waals surface area contributed by atoms with E-state index in [-0.39, 0.29) is 12.3 Å². The Morgan fingerprint density at radius 1 is 1.06 bits per heavy atom. The van der Waals surface area contributed by atoms with Crippen molar-refractivity contribution in [2.45, 2.75) is 46.1 Å². The van der Waals surface area contributed by atoms with Crippen LogP contribution in [0, 0.1) is 11.7 Å². The number of aryl methyl sites for hydroxylation is 1. The predicted octanol–water partition coefficient (Wildman–Crippen LogP) is 4.60. The summed E-state index contributed by atoms with van der Waals surface area (Å²) in [6.45, 7) is 6.47.